The fraction of sp³-hybridized carbons (Fsp3) is 0.875. The summed E-state index contributed by atoms with van der Waals surface area (Å²) in [5.41, 5.74) is -0.143. The maximum Gasteiger partial charge on any atom is 0.0732 e. The zero-order chi connectivity index (χ0) is 8.16. The molecule has 1 heterocycles. The van der Waals surface area contributed by atoms with Crippen molar-refractivity contribution in [3.63, 3.8) is 0 Å². The van der Waals surface area contributed by atoms with Crippen molar-refractivity contribution >= 4 is 0 Å². The summed E-state index contributed by atoms with van der Waals surface area (Å²) in [6.45, 7) is 2.49. The Morgan fingerprint density at radius 2 is 2.55 bits per heavy atom. The molecule has 1 N–H and O–H groups in total. The summed E-state index contributed by atoms with van der Waals surface area (Å²) in [5, 5.41) is 12.1. The summed E-state index contributed by atoms with van der Waals surface area (Å²) in [5.74, 6) is 0. The Morgan fingerprint density at radius 1 is 1.73 bits per heavy atom. The number of rotatable bonds is 3. The number of nitrogens with zero attached hydrogens (tertiary/aromatic N) is 1. The second-order valence-electron chi connectivity index (χ2n) is 3.06. The Morgan fingerprint density at radius 3 is 3.00 bits per heavy atom. The highest BCUT2D eigenvalue weighted by molar-refractivity contribution is 5.03. The molecule has 11 heavy (non-hydrogen) atoms. The zero-order valence-corrected chi connectivity index (χ0v) is 6.89. The number of hydrogen-bond donors (Lipinski definition) is 1. The lowest BCUT2D eigenvalue weighted by Gasteiger charge is -2.17. The van der Waals surface area contributed by atoms with Crippen LogP contribution in [0.4, 0.5) is 0 Å². The SMILES string of the molecule is COCCC1(C#N)CCNC1. The number of methoxy groups -OCH3 is 1. The fourth-order valence-corrected chi connectivity index (χ4v) is 1.41. The van der Waals surface area contributed by atoms with Crippen LogP contribution in [0.25, 0.3) is 0 Å². The summed E-state index contributed by atoms with van der Waals surface area (Å²) < 4.78 is 4.95. The van der Waals surface area contributed by atoms with Crippen molar-refractivity contribution in [3.8, 4) is 6.07 Å². The Labute approximate surface area is 67.3 Å². The van der Waals surface area contributed by atoms with Crippen LogP contribution in [0.2, 0.25) is 0 Å². The van der Waals surface area contributed by atoms with Gasteiger partial charge in [-0.2, -0.15) is 5.26 Å². The lowest BCUT2D eigenvalue weighted by molar-refractivity contribution is 0.165. The van der Waals surface area contributed by atoms with Gasteiger partial charge in [-0.1, -0.05) is 0 Å². The van der Waals surface area contributed by atoms with Crippen molar-refractivity contribution in [3.05, 3.63) is 0 Å². The van der Waals surface area contributed by atoms with Crippen molar-refractivity contribution in [2.75, 3.05) is 26.8 Å². The summed E-state index contributed by atoms with van der Waals surface area (Å²) in [7, 11) is 1.67. The highest BCUT2D eigenvalue weighted by atomic mass is 16.5. The standard InChI is InChI=1S/C8H14N2O/c1-11-5-3-8(6-9)2-4-10-7-8/h10H,2-5,7H2,1H3. The average Bonchev–Trinajstić information content (AvgIpc) is 2.50. The van der Waals surface area contributed by atoms with E-state index in [-0.39, 0.29) is 5.41 Å². The van der Waals surface area contributed by atoms with Crippen LogP contribution in [0, 0.1) is 16.7 Å². The van der Waals surface area contributed by atoms with Gasteiger partial charge in [0.05, 0.1) is 11.5 Å². The first-order valence-electron chi connectivity index (χ1n) is 3.94. The number of hydrogen-bond acceptors (Lipinski definition) is 3. The lowest BCUT2D eigenvalue weighted by atomic mass is 9.86. The Hall–Kier alpha value is -0.590. The van der Waals surface area contributed by atoms with E-state index in [1.165, 1.54) is 0 Å². The first kappa shape index (κ1) is 8.51. The van der Waals surface area contributed by atoms with Gasteiger partial charge < -0.3 is 10.1 Å². The summed E-state index contributed by atoms with van der Waals surface area (Å²) in [4.78, 5) is 0. The van der Waals surface area contributed by atoms with Gasteiger partial charge in [-0.3, -0.25) is 0 Å². The molecule has 0 radical (unpaired) electrons. The number of nitriles is 1. The monoisotopic (exact) mass is 154 g/mol. The third-order valence-corrected chi connectivity index (χ3v) is 2.27. The van der Waals surface area contributed by atoms with Crippen LogP contribution in [0.1, 0.15) is 12.8 Å². The third-order valence-electron chi connectivity index (χ3n) is 2.27. The molecule has 1 atom stereocenters. The topological polar surface area (TPSA) is 45.0 Å². The van der Waals surface area contributed by atoms with E-state index in [2.05, 4.69) is 11.4 Å². The van der Waals surface area contributed by atoms with E-state index < -0.39 is 0 Å². The van der Waals surface area contributed by atoms with Gasteiger partial charge in [0.2, 0.25) is 0 Å². The van der Waals surface area contributed by atoms with Gasteiger partial charge in [0.15, 0.2) is 0 Å². The largest absolute Gasteiger partial charge is 0.385 e. The van der Waals surface area contributed by atoms with E-state index in [1.54, 1.807) is 7.11 Å². The molecule has 62 valence electrons. The number of nitrogens with one attached hydrogen (secondary N) is 1. The van der Waals surface area contributed by atoms with Gasteiger partial charge in [0, 0.05) is 20.3 Å². The van der Waals surface area contributed by atoms with E-state index >= 15 is 0 Å². The molecule has 1 rings (SSSR count). The van der Waals surface area contributed by atoms with Gasteiger partial charge in [-0.05, 0) is 19.4 Å². The number of ether oxygens (including phenoxy) is 1. The molecular formula is C8H14N2O. The van der Waals surface area contributed by atoms with Gasteiger partial charge in [0.25, 0.3) is 0 Å². The van der Waals surface area contributed by atoms with Crippen LogP contribution < -0.4 is 5.32 Å². The summed E-state index contributed by atoms with van der Waals surface area (Å²) >= 11 is 0. The lowest BCUT2D eigenvalue weighted by Crippen LogP contribution is -2.23. The normalized spacial score (nSPS) is 30.2. The van der Waals surface area contributed by atoms with E-state index in [1.807, 2.05) is 0 Å². The minimum atomic E-state index is -0.143. The van der Waals surface area contributed by atoms with E-state index in [0.29, 0.717) is 6.61 Å². The van der Waals surface area contributed by atoms with E-state index in [4.69, 9.17) is 10.00 Å². The van der Waals surface area contributed by atoms with E-state index in [0.717, 1.165) is 25.9 Å². The molecule has 1 aliphatic heterocycles. The second-order valence-corrected chi connectivity index (χ2v) is 3.06. The molecule has 1 saturated heterocycles. The molecule has 0 aromatic carbocycles. The molecule has 0 aromatic rings. The molecule has 0 aromatic heterocycles. The molecule has 0 amide bonds. The zero-order valence-electron chi connectivity index (χ0n) is 6.89. The Balaban J connectivity index is 2.41. The molecule has 0 saturated carbocycles. The smallest absolute Gasteiger partial charge is 0.0732 e. The second kappa shape index (κ2) is 3.70. The maximum absolute atomic E-state index is 8.90. The van der Waals surface area contributed by atoms with Crippen molar-refractivity contribution in [2.45, 2.75) is 12.8 Å². The highest BCUT2D eigenvalue weighted by Gasteiger charge is 2.33. The van der Waals surface area contributed by atoms with Crippen LogP contribution in [0.5, 0.6) is 0 Å². The highest BCUT2D eigenvalue weighted by Crippen LogP contribution is 2.28. The minimum absolute atomic E-state index is 0.143. The molecule has 1 fully saturated rings. The average molecular weight is 154 g/mol. The van der Waals surface area contributed by atoms with Crippen LogP contribution in [0.3, 0.4) is 0 Å². The Kier molecular flexibility index (Phi) is 2.86. The van der Waals surface area contributed by atoms with Crippen LogP contribution in [-0.4, -0.2) is 26.8 Å². The van der Waals surface area contributed by atoms with E-state index in [9.17, 15) is 0 Å². The fourth-order valence-electron chi connectivity index (χ4n) is 1.41. The molecule has 3 heteroatoms. The van der Waals surface area contributed by atoms with Gasteiger partial charge in [0.1, 0.15) is 0 Å². The minimum Gasteiger partial charge on any atom is -0.385 e. The maximum atomic E-state index is 8.90. The molecule has 3 nitrogen and oxygen atoms in total. The third kappa shape index (κ3) is 1.92. The van der Waals surface area contributed by atoms with Crippen LogP contribution in [-0.2, 0) is 4.74 Å². The first-order chi connectivity index (χ1) is 5.33. The summed E-state index contributed by atoms with van der Waals surface area (Å²) in [6, 6.07) is 2.37. The van der Waals surface area contributed by atoms with Gasteiger partial charge in [-0.25, -0.2) is 0 Å². The quantitative estimate of drug-likeness (QED) is 0.644. The molecular weight excluding hydrogens is 140 g/mol. The molecule has 1 unspecified atom stereocenters. The molecule has 0 bridgehead atoms. The van der Waals surface area contributed by atoms with Gasteiger partial charge in [-0.15, -0.1) is 0 Å². The predicted molar refractivity (Wildman–Crippen MR) is 42.0 cm³/mol. The van der Waals surface area contributed by atoms with Crippen molar-refractivity contribution < 1.29 is 4.74 Å². The van der Waals surface area contributed by atoms with Crippen molar-refractivity contribution in [1.82, 2.24) is 5.32 Å². The van der Waals surface area contributed by atoms with Crippen molar-refractivity contribution in [1.29, 1.82) is 5.26 Å². The van der Waals surface area contributed by atoms with Gasteiger partial charge >= 0.3 is 0 Å². The summed E-state index contributed by atoms with van der Waals surface area (Å²) in [6.07, 6.45) is 1.82. The predicted octanol–water partition coefficient (Wildman–Crippen LogP) is 0.526. The first-order valence-corrected chi connectivity index (χ1v) is 3.94. The van der Waals surface area contributed by atoms with Crippen LogP contribution >= 0.6 is 0 Å². The molecule has 1 aliphatic rings. The Bertz CT molecular complexity index is 156. The molecule has 0 spiro atoms. The molecule has 0 aliphatic carbocycles. The van der Waals surface area contributed by atoms with Crippen LogP contribution in [0.15, 0.2) is 0 Å². The van der Waals surface area contributed by atoms with Crippen molar-refractivity contribution in [2.24, 2.45) is 5.41 Å².